The van der Waals surface area contributed by atoms with Crippen LogP contribution in [0, 0.1) is 0 Å². The average molecular weight is 316 g/mol. The zero-order chi connectivity index (χ0) is 15.9. The van der Waals surface area contributed by atoms with Crippen molar-refractivity contribution >= 4 is 23.0 Å². The van der Waals surface area contributed by atoms with Gasteiger partial charge in [-0.05, 0) is 49.0 Å². The van der Waals surface area contributed by atoms with E-state index in [-0.39, 0.29) is 6.04 Å². The lowest BCUT2D eigenvalue weighted by molar-refractivity contribution is 0.413. The van der Waals surface area contributed by atoms with E-state index in [2.05, 4.69) is 10.6 Å². The molecule has 0 saturated heterocycles. The highest BCUT2D eigenvalue weighted by atomic mass is 32.1. The Hall–Kier alpha value is -2.27. The maximum Gasteiger partial charge on any atom is 0.171 e. The Labute approximate surface area is 136 Å². The fourth-order valence-corrected chi connectivity index (χ4v) is 2.38. The largest absolute Gasteiger partial charge is 0.497 e. The molecule has 2 N–H and O–H groups in total. The number of ether oxygens (including phenoxy) is 2. The summed E-state index contributed by atoms with van der Waals surface area (Å²) in [4.78, 5) is 0. The number of hydrogen-bond donors (Lipinski definition) is 2. The van der Waals surface area contributed by atoms with E-state index in [1.54, 1.807) is 14.2 Å². The molecule has 2 aromatic carbocycles. The van der Waals surface area contributed by atoms with Crippen LogP contribution in [0.3, 0.4) is 0 Å². The fraction of sp³-hybridized carbons (Fsp3) is 0.235. The molecule has 0 bridgehead atoms. The van der Waals surface area contributed by atoms with Gasteiger partial charge in [0, 0.05) is 0 Å². The fourth-order valence-electron chi connectivity index (χ4n) is 2.10. The molecule has 22 heavy (non-hydrogen) atoms. The molecule has 0 aliphatic carbocycles. The van der Waals surface area contributed by atoms with Crippen molar-refractivity contribution in [3.63, 3.8) is 0 Å². The summed E-state index contributed by atoms with van der Waals surface area (Å²) >= 11 is 5.37. The van der Waals surface area contributed by atoms with Gasteiger partial charge in [0.05, 0.1) is 25.9 Å². The van der Waals surface area contributed by atoms with Crippen molar-refractivity contribution in [1.82, 2.24) is 5.32 Å². The predicted molar refractivity (Wildman–Crippen MR) is 93.8 cm³/mol. The van der Waals surface area contributed by atoms with Gasteiger partial charge >= 0.3 is 0 Å². The number of benzene rings is 2. The van der Waals surface area contributed by atoms with Crippen molar-refractivity contribution in [2.45, 2.75) is 13.0 Å². The summed E-state index contributed by atoms with van der Waals surface area (Å²) in [6, 6.07) is 15.6. The summed E-state index contributed by atoms with van der Waals surface area (Å²) in [5.74, 6) is 1.58. The molecule has 116 valence electrons. The Bertz CT molecular complexity index is 646. The van der Waals surface area contributed by atoms with Crippen LogP contribution in [0.2, 0.25) is 0 Å². The summed E-state index contributed by atoms with van der Waals surface area (Å²) in [5.41, 5.74) is 1.93. The van der Waals surface area contributed by atoms with Crippen LogP contribution in [-0.2, 0) is 0 Å². The molecule has 4 nitrogen and oxygen atoms in total. The highest BCUT2D eigenvalue weighted by Crippen LogP contribution is 2.23. The van der Waals surface area contributed by atoms with Gasteiger partial charge in [0.15, 0.2) is 5.11 Å². The number of hydrogen-bond acceptors (Lipinski definition) is 3. The van der Waals surface area contributed by atoms with E-state index in [0.29, 0.717) is 5.11 Å². The summed E-state index contributed by atoms with van der Waals surface area (Å²) in [7, 11) is 3.29. The van der Waals surface area contributed by atoms with Crippen LogP contribution < -0.4 is 20.1 Å². The SMILES string of the molecule is COc1cccc(C(C)NC(=S)Nc2ccccc2OC)c1. The molecule has 2 rings (SSSR count). The van der Waals surface area contributed by atoms with Gasteiger partial charge in [0.25, 0.3) is 0 Å². The van der Waals surface area contributed by atoms with Gasteiger partial charge in [-0.3, -0.25) is 0 Å². The molecule has 0 saturated carbocycles. The number of anilines is 1. The number of thiocarbonyl (C=S) groups is 1. The van der Waals surface area contributed by atoms with E-state index in [1.807, 2.05) is 55.5 Å². The van der Waals surface area contributed by atoms with Gasteiger partial charge in [-0.25, -0.2) is 0 Å². The second-order valence-electron chi connectivity index (χ2n) is 4.80. The summed E-state index contributed by atoms with van der Waals surface area (Å²) in [5, 5.41) is 6.95. The molecular formula is C17H20N2O2S. The van der Waals surface area contributed by atoms with Crippen LogP contribution in [0.5, 0.6) is 11.5 Å². The zero-order valence-electron chi connectivity index (χ0n) is 12.9. The van der Waals surface area contributed by atoms with E-state index < -0.39 is 0 Å². The molecule has 0 heterocycles. The minimum Gasteiger partial charge on any atom is -0.497 e. The molecule has 2 aromatic rings. The van der Waals surface area contributed by atoms with Crippen LogP contribution >= 0.6 is 12.2 Å². The standard InChI is InChI=1S/C17H20N2O2S/c1-12(13-7-6-8-14(11-13)20-2)18-17(22)19-15-9-4-5-10-16(15)21-3/h4-12H,1-3H3,(H2,18,19,22). The van der Waals surface area contributed by atoms with Crippen LogP contribution in [0.25, 0.3) is 0 Å². The van der Waals surface area contributed by atoms with Crippen molar-refractivity contribution in [2.75, 3.05) is 19.5 Å². The molecule has 0 radical (unpaired) electrons. The molecular weight excluding hydrogens is 296 g/mol. The van der Waals surface area contributed by atoms with Crippen molar-refractivity contribution in [3.8, 4) is 11.5 Å². The lowest BCUT2D eigenvalue weighted by Gasteiger charge is -2.19. The van der Waals surface area contributed by atoms with Crippen LogP contribution in [-0.4, -0.2) is 19.3 Å². The quantitative estimate of drug-likeness (QED) is 0.822. The molecule has 1 atom stereocenters. The van der Waals surface area contributed by atoms with Gasteiger partial charge in [-0.1, -0.05) is 24.3 Å². The molecule has 0 fully saturated rings. The molecule has 5 heteroatoms. The van der Waals surface area contributed by atoms with Crippen LogP contribution in [0.15, 0.2) is 48.5 Å². The van der Waals surface area contributed by atoms with Crippen molar-refractivity contribution in [1.29, 1.82) is 0 Å². The lowest BCUT2D eigenvalue weighted by Crippen LogP contribution is -2.31. The highest BCUT2D eigenvalue weighted by Gasteiger charge is 2.09. The first-order valence-corrected chi connectivity index (χ1v) is 7.39. The van der Waals surface area contributed by atoms with Crippen LogP contribution in [0.4, 0.5) is 5.69 Å². The topological polar surface area (TPSA) is 42.5 Å². The minimum atomic E-state index is 0.0600. The lowest BCUT2D eigenvalue weighted by atomic mass is 10.1. The number of para-hydroxylation sites is 2. The Morgan fingerprint density at radius 3 is 2.55 bits per heavy atom. The van der Waals surface area contributed by atoms with E-state index in [9.17, 15) is 0 Å². The average Bonchev–Trinajstić information content (AvgIpc) is 2.55. The minimum absolute atomic E-state index is 0.0600. The van der Waals surface area contributed by atoms with Crippen LogP contribution in [0.1, 0.15) is 18.5 Å². The van der Waals surface area contributed by atoms with Gasteiger partial charge in [0.1, 0.15) is 11.5 Å². The van der Waals surface area contributed by atoms with E-state index >= 15 is 0 Å². The second-order valence-corrected chi connectivity index (χ2v) is 5.21. The first-order chi connectivity index (χ1) is 10.6. The van der Waals surface area contributed by atoms with Gasteiger partial charge in [-0.2, -0.15) is 0 Å². The highest BCUT2D eigenvalue weighted by molar-refractivity contribution is 7.80. The third-order valence-corrected chi connectivity index (χ3v) is 3.52. The predicted octanol–water partition coefficient (Wildman–Crippen LogP) is 3.75. The molecule has 0 aromatic heterocycles. The maximum absolute atomic E-state index is 5.37. The van der Waals surface area contributed by atoms with E-state index in [0.717, 1.165) is 22.7 Å². The number of nitrogens with one attached hydrogen (secondary N) is 2. The van der Waals surface area contributed by atoms with Crippen molar-refractivity contribution in [2.24, 2.45) is 0 Å². The molecule has 0 aliphatic heterocycles. The van der Waals surface area contributed by atoms with Crippen molar-refractivity contribution in [3.05, 3.63) is 54.1 Å². The third-order valence-electron chi connectivity index (χ3n) is 3.30. The first kappa shape index (κ1) is 16.1. The second kappa shape index (κ2) is 7.66. The summed E-state index contributed by atoms with van der Waals surface area (Å²) in [6.07, 6.45) is 0. The Kier molecular flexibility index (Phi) is 5.61. The Balaban J connectivity index is 2.02. The van der Waals surface area contributed by atoms with Gasteiger partial charge < -0.3 is 20.1 Å². The Morgan fingerprint density at radius 1 is 1.05 bits per heavy atom. The summed E-state index contributed by atoms with van der Waals surface area (Å²) < 4.78 is 10.5. The van der Waals surface area contributed by atoms with Crippen molar-refractivity contribution < 1.29 is 9.47 Å². The maximum atomic E-state index is 5.37. The third kappa shape index (κ3) is 4.11. The first-order valence-electron chi connectivity index (χ1n) is 6.98. The smallest absolute Gasteiger partial charge is 0.171 e. The van der Waals surface area contributed by atoms with E-state index in [1.165, 1.54) is 0 Å². The Morgan fingerprint density at radius 2 is 1.82 bits per heavy atom. The molecule has 0 aliphatic rings. The molecule has 1 unspecified atom stereocenters. The monoisotopic (exact) mass is 316 g/mol. The molecule has 0 amide bonds. The number of methoxy groups -OCH3 is 2. The van der Waals surface area contributed by atoms with E-state index in [4.69, 9.17) is 21.7 Å². The normalized spacial score (nSPS) is 11.4. The number of rotatable bonds is 5. The zero-order valence-corrected chi connectivity index (χ0v) is 13.7. The van der Waals surface area contributed by atoms with Gasteiger partial charge in [-0.15, -0.1) is 0 Å². The molecule has 0 spiro atoms. The summed E-state index contributed by atoms with van der Waals surface area (Å²) in [6.45, 7) is 2.05. The van der Waals surface area contributed by atoms with Gasteiger partial charge in [0.2, 0.25) is 0 Å².